The van der Waals surface area contributed by atoms with E-state index in [0.29, 0.717) is 60.4 Å². The van der Waals surface area contributed by atoms with Crippen LogP contribution in [0.5, 0.6) is 0 Å². The lowest BCUT2D eigenvalue weighted by Gasteiger charge is -2.46. The summed E-state index contributed by atoms with van der Waals surface area (Å²) in [5.41, 5.74) is 1.15. The van der Waals surface area contributed by atoms with Gasteiger partial charge < -0.3 is 20.6 Å². The van der Waals surface area contributed by atoms with Gasteiger partial charge in [0.2, 0.25) is 0 Å². The van der Waals surface area contributed by atoms with Crippen molar-refractivity contribution in [1.29, 1.82) is 5.41 Å². The first-order chi connectivity index (χ1) is 17.9. The van der Waals surface area contributed by atoms with Crippen LogP contribution in [0.1, 0.15) is 46.1 Å². The molecule has 13 heteroatoms. The molecule has 0 amide bonds. The summed E-state index contributed by atoms with van der Waals surface area (Å²) in [7, 11) is -3.47. The Balaban J connectivity index is 1.34. The average molecular weight is 540 g/mol. The second kappa shape index (κ2) is 9.62. The third-order valence-electron chi connectivity index (χ3n) is 6.74. The van der Waals surface area contributed by atoms with Crippen LogP contribution >= 0.6 is 0 Å². The quantitative estimate of drug-likeness (QED) is 0.235. The van der Waals surface area contributed by atoms with Crippen molar-refractivity contribution in [2.45, 2.75) is 57.4 Å². The highest BCUT2D eigenvalue weighted by molar-refractivity contribution is 7.90. The monoisotopic (exact) mass is 539 g/mol. The van der Waals surface area contributed by atoms with E-state index in [1.54, 1.807) is 32.3 Å². The minimum atomic E-state index is -3.47. The molecule has 12 nitrogen and oxygen atoms in total. The van der Waals surface area contributed by atoms with E-state index < -0.39 is 15.6 Å². The smallest absolute Gasteiger partial charge is 0.256 e. The van der Waals surface area contributed by atoms with Crippen LogP contribution in [0.4, 0.5) is 17.3 Å². The van der Waals surface area contributed by atoms with Gasteiger partial charge >= 0.3 is 0 Å². The Hall–Kier alpha value is -3.58. The lowest BCUT2D eigenvalue weighted by Crippen LogP contribution is -2.57. The molecule has 4 heterocycles. The molecule has 0 spiro atoms. The first-order valence-electron chi connectivity index (χ1n) is 12.6. The van der Waals surface area contributed by atoms with Crippen molar-refractivity contribution in [3.8, 4) is 11.4 Å². The number of hydrogen-bond donors (Lipinski definition) is 4. The van der Waals surface area contributed by atoms with E-state index in [1.807, 2.05) is 24.8 Å². The van der Waals surface area contributed by atoms with E-state index in [2.05, 4.69) is 30.7 Å². The van der Waals surface area contributed by atoms with Gasteiger partial charge in [0.1, 0.15) is 17.5 Å². The Morgan fingerprint density at radius 1 is 1.18 bits per heavy atom. The molecule has 3 aromatic heterocycles. The minimum absolute atomic E-state index is 0.117. The fraction of sp³-hybridized carbons (Fsp3) is 0.480. The van der Waals surface area contributed by atoms with E-state index in [9.17, 15) is 13.5 Å². The summed E-state index contributed by atoms with van der Waals surface area (Å²) < 4.78 is 25.9. The predicted octanol–water partition coefficient (Wildman–Crippen LogP) is 2.67. The molecule has 5 rings (SSSR count). The fourth-order valence-electron chi connectivity index (χ4n) is 4.20. The van der Waals surface area contributed by atoms with Crippen LogP contribution in [0.3, 0.4) is 0 Å². The third kappa shape index (κ3) is 5.34. The van der Waals surface area contributed by atoms with Gasteiger partial charge in [-0.25, -0.2) is 23.4 Å². The largest absolute Gasteiger partial charge is 0.390 e. The lowest BCUT2D eigenvalue weighted by molar-refractivity contribution is -0.0384. The summed E-state index contributed by atoms with van der Waals surface area (Å²) in [4.78, 5) is 15.2. The molecular weight excluding hydrogens is 506 g/mol. The number of hydrogen-bond acceptors (Lipinski definition) is 10. The molecule has 2 fully saturated rings. The average Bonchev–Trinajstić information content (AvgIpc) is 3.54. The first kappa shape index (κ1) is 26.0. The maximum absolute atomic E-state index is 12.5. The van der Waals surface area contributed by atoms with Crippen LogP contribution in [0.2, 0.25) is 0 Å². The Morgan fingerprint density at radius 2 is 1.92 bits per heavy atom. The number of amidine groups is 1. The fourth-order valence-corrected chi connectivity index (χ4v) is 5.67. The summed E-state index contributed by atoms with van der Waals surface area (Å²) in [5, 5.41) is 29.2. The highest BCUT2D eigenvalue weighted by Gasteiger charge is 2.39. The summed E-state index contributed by atoms with van der Waals surface area (Å²) in [6.45, 7) is 8.88. The molecule has 202 valence electrons. The molecule has 1 aliphatic heterocycles. The van der Waals surface area contributed by atoms with Gasteiger partial charge in [0.15, 0.2) is 5.82 Å². The number of nitrogens with one attached hydrogen (secondary N) is 3. The van der Waals surface area contributed by atoms with Crippen LogP contribution in [0.15, 0.2) is 36.9 Å². The number of likely N-dealkylation sites (tertiary alicyclic amines) is 1. The number of aliphatic hydroxyl groups is 1. The summed E-state index contributed by atoms with van der Waals surface area (Å²) in [6, 6.07) is 3.66. The standard InChI is InChI=1S/C25H33N9O3S/c1-15(2)30-20-9-22(28-11-19(20)23(26)33-13-17(14-33)25(3,4)35)31-21-7-8-27-24(32-21)16-10-29-34(12-16)38(36,37)18-5-6-18/h7-12,15,17-18,26,35H,5-6,13-14H2,1-4H3,(H2,27,28,30,31,32). The van der Waals surface area contributed by atoms with Gasteiger partial charge in [0, 0.05) is 43.5 Å². The molecule has 0 bridgehead atoms. The zero-order valence-electron chi connectivity index (χ0n) is 21.9. The van der Waals surface area contributed by atoms with Crippen LogP contribution in [-0.2, 0) is 10.0 Å². The van der Waals surface area contributed by atoms with Crippen LogP contribution < -0.4 is 10.6 Å². The minimum Gasteiger partial charge on any atom is -0.390 e. The lowest BCUT2D eigenvalue weighted by atomic mass is 9.84. The first-order valence-corrected chi connectivity index (χ1v) is 14.1. The van der Waals surface area contributed by atoms with Crippen molar-refractivity contribution in [2.24, 2.45) is 5.92 Å². The van der Waals surface area contributed by atoms with Crippen molar-refractivity contribution < 1.29 is 13.5 Å². The third-order valence-corrected chi connectivity index (χ3v) is 8.77. The summed E-state index contributed by atoms with van der Waals surface area (Å²) in [6.07, 6.45) is 7.44. The van der Waals surface area contributed by atoms with E-state index in [0.717, 1.165) is 9.77 Å². The molecule has 4 N–H and O–H groups in total. The van der Waals surface area contributed by atoms with Gasteiger partial charge in [-0.1, -0.05) is 0 Å². The molecule has 0 aromatic carbocycles. The van der Waals surface area contributed by atoms with Crippen molar-refractivity contribution in [3.63, 3.8) is 0 Å². The van der Waals surface area contributed by atoms with Gasteiger partial charge in [0.25, 0.3) is 10.0 Å². The number of anilines is 3. The molecule has 2 aliphatic rings. The van der Waals surface area contributed by atoms with Gasteiger partial charge in [-0.15, -0.1) is 0 Å². The van der Waals surface area contributed by atoms with E-state index >= 15 is 0 Å². The molecule has 0 unspecified atom stereocenters. The zero-order chi connectivity index (χ0) is 27.2. The van der Waals surface area contributed by atoms with E-state index in [-0.39, 0.29) is 17.2 Å². The number of pyridine rings is 1. The normalized spacial score (nSPS) is 16.4. The van der Waals surface area contributed by atoms with Crippen LogP contribution in [0, 0.1) is 11.3 Å². The van der Waals surface area contributed by atoms with Crippen molar-refractivity contribution in [2.75, 3.05) is 23.7 Å². The number of nitrogens with zero attached hydrogens (tertiary/aromatic N) is 6. The SMILES string of the molecule is CC(C)Nc1cc(Nc2ccnc(-c3cnn(S(=O)(=O)C4CC4)c3)n2)ncc1C(=N)N1CC(C(C)(C)O)C1. The topological polar surface area (TPSA) is 162 Å². The molecule has 3 aromatic rings. The predicted molar refractivity (Wildman–Crippen MR) is 145 cm³/mol. The Kier molecular flexibility index (Phi) is 6.59. The second-order valence-electron chi connectivity index (χ2n) is 10.8. The summed E-state index contributed by atoms with van der Waals surface area (Å²) in [5.74, 6) is 1.82. The number of aromatic nitrogens is 5. The van der Waals surface area contributed by atoms with Gasteiger partial charge in [0.05, 0.1) is 40.1 Å². The second-order valence-corrected chi connectivity index (χ2v) is 12.8. The van der Waals surface area contributed by atoms with Crippen LogP contribution in [0.25, 0.3) is 11.4 Å². The summed E-state index contributed by atoms with van der Waals surface area (Å²) >= 11 is 0. The molecule has 1 saturated heterocycles. The molecular formula is C25H33N9O3S. The molecule has 0 atom stereocenters. The van der Waals surface area contributed by atoms with Gasteiger partial charge in [-0.2, -0.15) is 9.19 Å². The van der Waals surface area contributed by atoms with Crippen molar-refractivity contribution >= 4 is 33.2 Å². The van der Waals surface area contributed by atoms with Crippen molar-refractivity contribution in [3.05, 3.63) is 42.5 Å². The highest BCUT2D eigenvalue weighted by Crippen LogP contribution is 2.32. The Labute approximate surface area is 222 Å². The van der Waals surface area contributed by atoms with Crippen LogP contribution in [-0.4, -0.2) is 78.4 Å². The maximum Gasteiger partial charge on any atom is 0.256 e. The molecule has 0 radical (unpaired) electrons. The van der Waals surface area contributed by atoms with Gasteiger partial charge in [-0.05, 0) is 46.6 Å². The Bertz CT molecular complexity index is 1450. The van der Waals surface area contributed by atoms with Gasteiger partial charge in [-0.3, -0.25) is 5.41 Å². The molecule has 1 aliphatic carbocycles. The molecule has 1 saturated carbocycles. The zero-order valence-corrected chi connectivity index (χ0v) is 22.7. The Morgan fingerprint density at radius 3 is 2.58 bits per heavy atom. The number of rotatable bonds is 9. The van der Waals surface area contributed by atoms with Crippen molar-refractivity contribution in [1.82, 2.24) is 29.0 Å². The van der Waals surface area contributed by atoms with E-state index in [4.69, 9.17) is 5.41 Å². The highest BCUT2D eigenvalue weighted by atomic mass is 32.2. The maximum atomic E-state index is 12.5. The molecule has 38 heavy (non-hydrogen) atoms. The van der Waals surface area contributed by atoms with E-state index in [1.165, 1.54) is 12.4 Å².